The number of rotatable bonds is 10. The number of nitrogens with zero attached hydrogens (tertiary/aromatic N) is 1. The number of esters is 1. The summed E-state index contributed by atoms with van der Waals surface area (Å²) in [6.45, 7) is 4.75. The van der Waals surface area contributed by atoms with Gasteiger partial charge in [-0.3, -0.25) is 0 Å². The third-order valence-electron chi connectivity index (χ3n) is 6.48. The monoisotopic (exact) mass is 439 g/mol. The number of unbranched alkanes of at least 4 members (excludes halogenated alkanes) is 1. The van der Waals surface area contributed by atoms with E-state index in [4.69, 9.17) is 4.74 Å². The van der Waals surface area contributed by atoms with Crippen molar-refractivity contribution < 1.29 is 9.53 Å². The summed E-state index contributed by atoms with van der Waals surface area (Å²) in [5.41, 5.74) is 2.25. The Hall–Kier alpha value is -3.38. The average molecular weight is 440 g/mol. The average Bonchev–Trinajstić information content (AvgIpc) is 2.88. The van der Waals surface area contributed by atoms with E-state index in [0.717, 1.165) is 42.4 Å². The van der Waals surface area contributed by atoms with Crippen molar-refractivity contribution in [2.24, 2.45) is 11.8 Å². The lowest BCUT2D eigenvalue weighted by Gasteiger charge is -2.38. The minimum absolute atomic E-state index is 0.359. The van der Waals surface area contributed by atoms with E-state index >= 15 is 0 Å². The predicted molar refractivity (Wildman–Crippen MR) is 133 cm³/mol. The van der Waals surface area contributed by atoms with Crippen molar-refractivity contribution in [1.82, 2.24) is 0 Å². The van der Waals surface area contributed by atoms with E-state index in [-0.39, 0.29) is 5.97 Å². The van der Waals surface area contributed by atoms with Crippen molar-refractivity contribution in [3.8, 4) is 6.07 Å². The van der Waals surface area contributed by atoms with Gasteiger partial charge in [0.25, 0.3) is 0 Å². The van der Waals surface area contributed by atoms with Crippen molar-refractivity contribution in [1.29, 1.82) is 5.26 Å². The number of allylic oxidation sites excluding steroid dienone is 5. The SMILES string of the molecule is CCCCC(CC)COC(=O)C=CC1=CC=CC(c2ccccc2)(c2ccccc2)C1C#N. The molecule has 33 heavy (non-hydrogen) atoms. The Morgan fingerprint density at radius 2 is 1.73 bits per heavy atom. The highest BCUT2D eigenvalue weighted by Gasteiger charge is 2.42. The molecule has 0 aliphatic heterocycles. The molecule has 0 radical (unpaired) electrons. The lowest BCUT2D eigenvalue weighted by molar-refractivity contribution is -0.139. The van der Waals surface area contributed by atoms with Gasteiger partial charge < -0.3 is 4.74 Å². The van der Waals surface area contributed by atoms with Crippen LogP contribution < -0.4 is 0 Å². The Labute approximate surface area is 198 Å². The van der Waals surface area contributed by atoms with Gasteiger partial charge in [0.1, 0.15) is 0 Å². The second-order valence-electron chi connectivity index (χ2n) is 8.57. The normalized spacial score (nSPS) is 17.8. The maximum absolute atomic E-state index is 12.4. The molecule has 2 aromatic rings. The molecule has 2 unspecified atom stereocenters. The van der Waals surface area contributed by atoms with Crippen LogP contribution in [-0.2, 0) is 14.9 Å². The molecule has 0 saturated carbocycles. The molecule has 0 spiro atoms. The van der Waals surface area contributed by atoms with Gasteiger partial charge in [-0.05, 0) is 29.0 Å². The molecule has 2 atom stereocenters. The van der Waals surface area contributed by atoms with Crippen LogP contribution in [0.5, 0.6) is 0 Å². The first-order valence-corrected chi connectivity index (χ1v) is 11.9. The molecule has 0 N–H and O–H groups in total. The fraction of sp³-hybridized carbons (Fsp3) is 0.333. The van der Waals surface area contributed by atoms with Crippen LogP contribution in [0.25, 0.3) is 0 Å². The summed E-state index contributed by atoms with van der Waals surface area (Å²) in [4.78, 5) is 12.4. The lowest BCUT2D eigenvalue weighted by Crippen LogP contribution is -2.36. The molecule has 0 bridgehead atoms. The van der Waals surface area contributed by atoms with Gasteiger partial charge in [0.15, 0.2) is 0 Å². The fourth-order valence-electron chi connectivity index (χ4n) is 4.53. The molecular weight excluding hydrogens is 406 g/mol. The van der Waals surface area contributed by atoms with Crippen LogP contribution in [0.4, 0.5) is 0 Å². The Kier molecular flexibility index (Phi) is 8.84. The highest BCUT2D eigenvalue weighted by atomic mass is 16.5. The molecule has 3 nitrogen and oxygen atoms in total. The van der Waals surface area contributed by atoms with Crippen LogP contribution >= 0.6 is 0 Å². The first-order chi connectivity index (χ1) is 16.2. The van der Waals surface area contributed by atoms with E-state index in [9.17, 15) is 10.1 Å². The molecule has 1 aliphatic carbocycles. The molecule has 2 aromatic carbocycles. The van der Waals surface area contributed by atoms with Crippen molar-refractivity contribution in [3.63, 3.8) is 0 Å². The number of ether oxygens (including phenoxy) is 1. The summed E-state index contributed by atoms with van der Waals surface area (Å²) < 4.78 is 5.52. The summed E-state index contributed by atoms with van der Waals surface area (Å²) in [7, 11) is 0. The lowest BCUT2D eigenvalue weighted by atomic mass is 9.62. The van der Waals surface area contributed by atoms with Gasteiger partial charge >= 0.3 is 5.97 Å². The second-order valence-corrected chi connectivity index (χ2v) is 8.57. The summed E-state index contributed by atoms with van der Waals surface area (Å²) in [5.74, 6) is -0.443. The second kappa shape index (κ2) is 12.0. The van der Waals surface area contributed by atoms with E-state index in [2.05, 4.69) is 50.3 Å². The molecule has 3 rings (SSSR count). The van der Waals surface area contributed by atoms with Gasteiger partial charge in [0.2, 0.25) is 0 Å². The maximum Gasteiger partial charge on any atom is 0.330 e. The molecule has 0 saturated heterocycles. The topological polar surface area (TPSA) is 50.1 Å². The van der Waals surface area contributed by atoms with Gasteiger partial charge in [-0.15, -0.1) is 0 Å². The van der Waals surface area contributed by atoms with Gasteiger partial charge in [0.05, 0.1) is 24.0 Å². The minimum Gasteiger partial charge on any atom is -0.462 e. The van der Waals surface area contributed by atoms with Crippen LogP contribution in [-0.4, -0.2) is 12.6 Å². The molecule has 1 aliphatic rings. The van der Waals surface area contributed by atoms with Crippen molar-refractivity contribution >= 4 is 5.97 Å². The summed E-state index contributed by atoms with van der Waals surface area (Å²) >= 11 is 0. The van der Waals surface area contributed by atoms with Crippen molar-refractivity contribution in [2.75, 3.05) is 6.61 Å². The number of carbonyl (C=O) groups excluding carboxylic acids is 1. The van der Waals surface area contributed by atoms with E-state index in [0.29, 0.717) is 12.5 Å². The van der Waals surface area contributed by atoms with Crippen LogP contribution in [0.15, 0.2) is 96.6 Å². The molecule has 3 heteroatoms. The Morgan fingerprint density at radius 3 is 2.27 bits per heavy atom. The molecule has 170 valence electrons. The third kappa shape index (κ3) is 5.71. The van der Waals surface area contributed by atoms with Crippen LogP contribution in [0.3, 0.4) is 0 Å². The van der Waals surface area contributed by atoms with Gasteiger partial charge in [0, 0.05) is 6.08 Å². The van der Waals surface area contributed by atoms with E-state index in [1.807, 2.05) is 48.6 Å². The summed E-state index contributed by atoms with van der Waals surface area (Å²) in [5, 5.41) is 10.3. The Morgan fingerprint density at radius 1 is 1.09 bits per heavy atom. The fourth-order valence-corrected chi connectivity index (χ4v) is 4.53. The zero-order valence-corrected chi connectivity index (χ0v) is 19.6. The molecule has 0 amide bonds. The van der Waals surface area contributed by atoms with Crippen molar-refractivity contribution in [3.05, 3.63) is 108 Å². The number of nitriles is 1. The minimum atomic E-state index is -0.636. The van der Waals surface area contributed by atoms with Crippen LogP contribution in [0, 0.1) is 23.2 Å². The van der Waals surface area contributed by atoms with Crippen LogP contribution in [0.2, 0.25) is 0 Å². The molecular formula is C30H33NO2. The number of hydrogen-bond donors (Lipinski definition) is 0. The standard InChI is InChI=1S/C30H33NO2/c1-3-5-13-24(4-2)23-33-29(32)20-19-25-14-12-21-30(28(25)22-31,26-15-8-6-9-16-26)27-17-10-7-11-18-27/h6-12,14-21,24,28H,3-5,13,23H2,1-2H3. The predicted octanol–water partition coefficient (Wildman–Crippen LogP) is 6.92. The Bertz CT molecular complexity index is 988. The van der Waals surface area contributed by atoms with E-state index < -0.39 is 11.3 Å². The van der Waals surface area contributed by atoms with Crippen molar-refractivity contribution in [2.45, 2.75) is 44.9 Å². The van der Waals surface area contributed by atoms with Gasteiger partial charge in [-0.1, -0.05) is 118 Å². The van der Waals surface area contributed by atoms with E-state index in [1.54, 1.807) is 6.08 Å². The van der Waals surface area contributed by atoms with Gasteiger partial charge in [-0.25, -0.2) is 4.79 Å². The Balaban J connectivity index is 1.84. The molecule has 0 fully saturated rings. The quantitative estimate of drug-likeness (QED) is 0.298. The summed E-state index contributed by atoms with van der Waals surface area (Å²) in [6, 6.07) is 22.7. The smallest absolute Gasteiger partial charge is 0.330 e. The highest BCUT2D eigenvalue weighted by molar-refractivity contribution is 5.82. The highest BCUT2D eigenvalue weighted by Crippen LogP contribution is 2.46. The number of benzene rings is 2. The largest absolute Gasteiger partial charge is 0.462 e. The third-order valence-corrected chi connectivity index (χ3v) is 6.48. The zero-order chi connectivity index (χ0) is 23.5. The summed E-state index contributed by atoms with van der Waals surface area (Å²) in [6.07, 6.45) is 13.6. The first-order valence-electron chi connectivity index (χ1n) is 11.9. The number of carbonyl (C=O) groups is 1. The maximum atomic E-state index is 12.4. The molecule has 0 aromatic heterocycles. The van der Waals surface area contributed by atoms with Gasteiger partial charge in [-0.2, -0.15) is 5.26 Å². The number of hydrogen-bond acceptors (Lipinski definition) is 3. The molecule has 0 heterocycles. The first kappa shape index (κ1) is 24.3. The van der Waals surface area contributed by atoms with Crippen LogP contribution in [0.1, 0.15) is 50.7 Å². The zero-order valence-electron chi connectivity index (χ0n) is 19.6. The van der Waals surface area contributed by atoms with E-state index in [1.165, 1.54) is 6.08 Å².